The SMILES string of the molecule is COc1ccc(C)cc1N(CC(=O)N(Cc1ccc(C)cc1)C(Cc1ccccc1)C(=O)NC1CCCCC1)S(=O)(=O)c1ccc(C)cc1. The third-order valence-corrected chi connectivity index (χ3v) is 11.0. The van der Waals surface area contributed by atoms with Crippen LogP contribution in [0.5, 0.6) is 5.75 Å². The maximum absolute atomic E-state index is 14.8. The number of benzene rings is 4. The van der Waals surface area contributed by atoms with E-state index >= 15 is 0 Å². The van der Waals surface area contributed by atoms with Crippen molar-refractivity contribution in [3.63, 3.8) is 0 Å². The van der Waals surface area contributed by atoms with Gasteiger partial charge in [0, 0.05) is 19.0 Å². The van der Waals surface area contributed by atoms with E-state index in [-0.39, 0.29) is 35.5 Å². The van der Waals surface area contributed by atoms with Crippen LogP contribution in [0.4, 0.5) is 5.69 Å². The molecule has 0 aromatic heterocycles. The number of amides is 2. The molecule has 1 aliphatic rings. The number of ether oxygens (including phenoxy) is 1. The van der Waals surface area contributed by atoms with Crippen molar-refractivity contribution in [2.45, 2.75) is 82.8 Å². The molecular weight excluding hydrogens is 635 g/mol. The molecule has 5 rings (SSSR count). The number of sulfonamides is 1. The first-order chi connectivity index (χ1) is 23.5. The fraction of sp³-hybridized carbons (Fsp3) is 0.350. The highest BCUT2D eigenvalue weighted by atomic mass is 32.2. The first-order valence-electron chi connectivity index (χ1n) is 17.0. The van der Waals surface area contributed by atoms with E-state index in [1.807, 2.05) is 81.4 Å². The molecule has 8 nitrogen and oxygen atoms in total. The van der Waals surface area contributed by atoms with Crippen LogP contribution < -0.4 is 14.4 Å². The van der Waals surface area contributed by atoms with Gasteiger partial charge in [-0.2, -0.15) is 0 Å². The molecule has 0 heterocycles. The van der Waals surface area contributed by atoms with Gasteiger partial charge in [0.1, 0.15) is 18.3 Å². The van der Waals surface area contributed by atoms with Gasteiger partial charge in [-0.3, -0.25) is 13.9 Å². The Kier molecular flexibility index (Phi) is 11.8. The maximum Gasteiger partial charge on any atom is 0.264 e. The van der Waals surface area contributed by atoms with Crippen LogP contribution in [0.1, 0.15) is 59.9 Å². The van der Waals surface area contributed by atoms with Crippen molar-refractivity contribution in [1.82, 2.24) is 10.2 Å². The van der Waals surface area contributed by atoms with E-state index in [0.717, 1.165) is 64.2 Å². The predicted molar refractivity (Wildman–Crippen MR) is 194 cm³/mol. The molecule has 1 saturated carbocycles. The lowest BCUT2D eigenvalue weighted by molar-refractivity contribution is -0.140. The maximum atomic E-state index is 14.8. The van der Waals surface area contributed by atoms with Crippen LogP contribution in [-0.4, -0.2) is 50.9 Å². The number of carbonyl (C=O) groups is 2. The Hall–Kier alpha value is -4.63. The normalized spacial score (nSPS) is 14.1. The molecule has 1 unspecified atom stereocenters. The molecule has 49 heavy (non-hydrogen) atoms. The molecule has 9 heteroatoms. The minimum Gasteiger partial charge on any atom is -0.495 e. The molecule has 2 amide bonds. The Morgan fingerprint density at radius 1 is 0.796 bits per heavy atom. The smallest absolute Gasteiger partial charge is 0.264 e. The number of methoxy groups -OCH3 is 1. The third-order valence-electron chi connectivity index (χ3n) is 9.19. The molecule has 0 aliphatic heterocycles. The molecule has 4 aromatic rings. The number of hydrogen-bond donors (Lipinski definition) is 1. The Labute approximate surface area is 291 Å². The topological polar surface area (TPSA) is 96.0 Å². The molecule has 0 radical (unpaired) electrons. The van der Waals surface area contributed by atoms with Crippen molar-refractivity contribution in [1.29, 1.82) is 0 Å². The van der Waals surface area contributed by atoms with Crippen molar-refractivity contribution >= 4 is 27.5 Å². The minimum atomic E-state index is -4.25. The van der Waals surface area contributed by atoms with Gasteiger partial charge in [0.15, 0.2) is 0 Å². The number of aryl methyl sites for hydroxylation is 3. The monoisotopic (exact) mass is 681 g/mol. The third kappa shape index (κ3) is 9.09. The summed E-state index contributed by atoms with van der Waals surface area (Å²) in [4.78, 5) is 30.7. The average molecular weight is 682 g/mol. The standard InChI is InChI=1S/C40H47N3O5S/c1-29-15-20-33(21-16-29)27-42(37(26-32-11-7-5-8-12-32)40(45)41-34-13-9-6-10-14-34)39(44)28-43(36-25-31(3)19-24-38(36)48-4)49(46,47)35-22-17-30(2)18-23-35/h5,7-8,11-12,15-25,34,37H,6,9-10,13-14,26-28H2,1-4H3,(H,41,45). The van der Waals surface area contributed by atoms with Gasteiger partial charge in [-0.15, -0.1) is 0 Å². The Balaban J connectivity index is 1.60. The fourth-order valence-electron chi connectivity index (χ4n) is 6.33. The van der Waals surface area contributed by atoms with Crippen molar-refractivity contribution in [3.05, 3.63) is 125 Å². The van der Waals surface area contributed by atoms with E-state index < -0.39 is 28.5 Å². The first kappa shape index (κ1) is 35.7. The molecule has 258 valence electrons. The van der Waals surface area contributed by atoms with Gasteiger partial charge in [-0.1, -0.05) is 103 Å². The molecule has 0 saturated heterocycles. The summed E-state index contributed by atoms with van der Waals surface area (Å²) in [6.07, 6.45) is 5.30. The van der Waals surface area contributed by atoms with Crippen LogP contribution in [-0.2, 0) is 32.6 Å². The summed E-state index contributed by atoms with van der Waals surface area (Å²) in [6, 6.07) is 28.4. The Bertz CT molecular complexity index is 1820. The summed E-state index contributed by atoms with van der Waals surface area (Å²) in [6.45, 7) is 5.32. The Morgan fingerprint density at radius 2 is 1.41 bits per heavy atom. The van der Waals surface area contributed by atoms with Crippen LogP contribution in [0.3, 0.4) is 0 Å². The lowest BCUT2D eigenvalue weighted by atomic mass is 9.94. The number of rotatable bonds is 13. The number of hydrogen-bond acceptors (Lipinski definition) is 5. The van der Waals surface area contributed by atoms with Crippen LogP contribution in [0, 0.1) is 20.8 Å². The highest BCUT2D eigenvalue weighted by Gasteiger charge is 2.36. The molecule has 0 bridgehead atoms. The van der Waals surface area contributed by atoms with E-state index in [2.05, 4.69) is 5.32 Å². The lowest BCUT2D eigenvalue weighted by Gasteiger charge is -2.35. The highest BCUT2D eigenvalue weighted by Crippen LogP contribution is 2.34. The van der Waals surface area contributed by atoms with Gasteiger partial charge in [-0.25, -0.2) is 8.42 Å². The summed E-state index contributed by atoms with van der Waals surface area (Å²) in [5.74, 6) is -0.424. The van der Waals surface area contributed by atoms with Gasteiger partial charge >= 0.3 is 0 Å². The van der Waals surface area contributed by atoms with E-state index in [0.29, 0.717) is 5.75 Å². The number of carbonyl (C=O) groups excluding carboxylic acids is 2. The second-order valence-electron chi connectivity index (χ2n) is 13.1. The second-order valence-corrected chi connectivity index (χ2v) is 14.9. The largest absolute Gasteiger partial charge is 0.495 e. The summed E-state index contributed by atoms with van der Waals surface area (Å²) in [5.41, 5.74) is 4.77. The quantitative estimate of drug-likeness (QED) is 0.166. The zero-order valence-electron chi connectivity index (χ0n) is 28.9. The molecule has 1 N–H and O–H groups in total. The summed E-state index contributed by atoms with van der Waals surface area (Å²) < 4.78 is 35.7. The fourth-order valence-corrected chi connectivity index (χ4v) is 7.75. The van der Waals surface area contributed by atoms with Crippen LogP contribution in [0.15, 0.2) is 102 Å². The number of nitrogens with zero attached hydrogens (tertiary/aromatic N) is 2. The van der Waals surface area contributed by atoms with E-state index in [1.165, 1.54) is 7.11 Å². The number of nitrogens with one attached hydrogen (secondary N) is 1. The van der Waals surface area contributed by atoms with E-state index in [1.54, 1.807) is 41.3 Å². The molecule has 0 spiro atoms. The van der Waals surface area contributed by atoms with Gasteiger partial charge in [0.2, 0.25) is 11.8 Å². The zero-order chi connectivity index (χ0) is 35.0. The first-order valence-corrected chi connectivity index (χ1v) is 18.4. The minimum absolute atomic E-state index is 0.0332. The molecule has 1 fully saturated rings. The van der Waals surface area contributed by atoms with Gasteiger partial charge in [0.05, 0.1) is 17.7 Å². The van der Waals surface area contributed by atoms with Gasteiger partial charge in [-0.05, 0) is 74.6 Å². The molecule has 1 atom stereocenters. The van der Waals surface area contributed by atoms with Crippen molar-refractivity contribution in [2.75, 3.05) is 18.0 Å². The van der Waals surface area contributed by atoms with Crippen molar-refractivity contribution < 1.29 is 22.7 Å². The molecule has 1 aliphatic carbocycles. The van der Waals surface area contributed by atoms with Crippen LogP contribution in [0.2, 0.25) is 0 Å². The highest BCUT2D eigenvalue weighted by molar-refractivity contribution is 7.92. The van der Waals surface area contributed by atoms with Gasteiger partial charge in [0.25, 0.3) is 10.0 Å². The molecule has 4 aromatic carbocycles. The number of anilines is 1. The summed E-state index contributed by atoms with van der Waals surface area (Å²) in [7, 11) is -2.78. The van der Waals surface area contributed by atoms with Crippen molar-refractivity contribution in [2.24, 2.45) is 0 Å². The second kappa shape index (κ2) is 16.2. The summed E-state index contributed by atoms with van der Waals surface area (Å²) >= 11 is 0. The van der Waals surface area contributed by atoms with Gasteiger partial charge < -0.3 is 15.0 Å². The average Bonchev–Trinajstić information content (AvgIpc) is 3.10. The predicted octanol–water partition coefficient (Wildman–Crippen LogP) is 6.90. The van der Waals surface area contributed by atoms with Crippen LogP contribution in [0.25, 0.3) is 0 Å². The summed E-state index contributed by atoms with van der Waals surface area (Å²) in [5, 5.41) is 3.26. The van der Waals surface area contributed by atoms with Crippen LogP contribution >= 0.6 is 0 Å². The Morgan fingerprint density at radius 3 is 2.04 bits per heavy atom. The zero-order valence-corrected chi connectivity index (χ0v) is 29.7. The van der Waals surface area contributed by atoms with Crippen molar-refractivity contribution in [3.8, 4) is 5.75 Å². The lowest BCUT2D eigenvalue weighted by Crippen LogP contribution is -2.55. The van der Waals surface area contributed by atoms with E-state index in [9.17, 15) is 18.0 Å². The molecular formula is C40H47N3O5S. The van der Waals surface area contributed by atoms with E-state index in [4.69, 9.17) is 4.74 Å².